The first-order chi connectivity index (χ1) is 10.5. The molecule has 2 heterocycles. The second kappa shape index (κ2) is 5.97. The van der Waals surface area contributed by atoms with E-state index in [-0.39, 0.29) is 17.8 Å². The molecule has 1 amide bonds. The van der Waals surface area contributed by atoms with Crippen LogP contribution in [-0.2, 0) is 16.1 Å². The number of nitrogens with zero attached hydrogens (tertiary/aromatic N) is 2. The standard InChI is InChI=1S/C17H23FN2O2/c1-19(2)16(21)17-8-10-22-15(17)7-9-20(12-17)11-13-3-5-14(18)6-4-13/h3-6,15H,7-12H2,1-2H3/t15-,17-/m0/s1. The molecule has 0 unspecified atom stereocenters. The van der Waals surface area contributed by atoms with Crippen LogP contribution >= 0.6 is 0 Å². The van der Waals surface area contributed by atoms with E-state index in [2.05, 4.69) is 4.90 Å². The van der Waals surface area contributed by atoms with E-state index < -0.39 is 5.41 Å². The van der Waals surface area contributed by atoms with Crippen molar-refractivity contribution >= 4 is 5.91 Å². The van der Waals surface area contributed by atoms with Crippen molar-refractivity contribution in [1.82, 2.24) is 9.80 Å². The van der Waals surface area contributed by atoms with Gasteiger partial charge in [-0.3, -0.25) is 9.69 Å². The molecule has 5 heteroatoms. The highest BCUT2D eigenvalue weighted by Crippen LogP contribution is 2.42. The Labute approximate surface area is 130 Å². The van der Waals surface area contributed by atoms with Gasteiger partial charge in [0.15, 0.2) is 0 Å². The first-order valence-corrected chi connectivity index (χ1v) is 7.81. The third-order valence-corrected chi connectivity index (χ3v) is 4.85. The summed E-state index contributed by atoms with van der Waals surface area (Å²) >= 11 is 0. The largest absolute Gasteiger partial charge is 0.377 e. The molecule has 2 fully saturated rings. The Balaban J connectivity index is 1.76. The van der Waals surface area contributed by atoms with Crippen molar-refractivity contribution in [1.29, 1.82) is 0 Å². The van der Waals surface area contributed by atoms with E-state index in [1.807, 2.05) is 26.2 Å². The third-order valence-electron chi connectivity index (χ3n) is 4.85. The van der Waals surface area contributed by atoms with Crippen LogP contribution in [0.1, 0.15) is 18.4 Å². The molecule has 3 rings (SSSR count). The van der Waals surface area contributed by atoms with Gasteiger partial charge in [0.1, 0.15) is 5.82 Å². The van der Waals surface area contributed by atoms with Gasteiger partial charge in [-0.25, -0.2) is 4.39 Å². The number of carbonyl (C=O) groups excluding carboxylic acids is 1. The molecule has 0 bridgehead atoms. The Morgan fingerprint density at radius 1 is 1.41 bits per heavy atom. The molecule has 2 aliphatic heterocycles. The van der Waals surface area contributed by atoms with Crippen molar-refractivity contribution in [2.75, 3.05) is 33.8 Å². The molecular weight excluding hydrogens is 283 g/mol. The van der Waals surface area contributed by atoms with Crippen LogP contribution in [0, 0.1) is 11.2 Å². The van der Waals surface area contributed by atoms with E-state index in [0.717, 1.165) is 31.5 Å². The van der Waals surface area contributed by atoms with Crippen LogP contribution < -0.4 is 0 Å². The van der Waals surface area contributed by atoms with Gasteiger partial charge in [0.05, 0.1) is 11.5 Å². The first kappa shape index (κ1) is 15.4. The smallest absolute Gasteiger partial charge is 0.232 e. The number of hydrogen-bond acceptors (Lipinski definition) is 3. The summed E-state index contributed by atoms with van der Waals surface area (Å²) in [6, 6.07) is 6.60. The molecule has 0 aliphatic carbocycles. The number of fused-ring (bicyclic) bond motifs is 1. The van der Waals surface area contributed by atoms with Crippen LogP contribution in [0.2, 0.25) is 0 Å². The van der Waals surface area contributed by atoms with Crippen molar-refractivity contribution in [2.24, 2.45) is 5.41 Å². The van der Waals surface area contributed by atoms with Gasteiger partial charge in [-0.15, -0.1) is 0 Å². The summed E-state index contributed by atoms with van der Waals surface area (Å²) in [5.41, 5.74) is 0.660. The summed E-state index contributed by atoms with van der Waals surface area (Å²) in [7, 11) is 3.62. The minimum Gasteiger partial charge on any atom is -0.377 e. The van der Waals surface area contributed by atoms with Crippen molar-refractivity contribution in [3.8, 4) is 0 Å². The second-order valence-electron chi connectivity index (χ2n) is 6.59. The molecule has 2 atom stereocenters. The molecule has 0 spiro atoms. The summed E-state index contributed by atoms with van der Waals surface area (Å²) in [4.78, 5) is 16.7. The molecule has 120 valence electrons. The van der Waals surface area contributed by atoms with E-state index in [1.54, 1.807) is 4.90 Å². The SMILES string of the molecule is CN(C)C(=O)[C@]12CCO[C@H]1CCN(Cc1ccc(F)cc1)C2. The lowest BCUT2D eigenvalue weighted by molar-refractivity contribution is -0.148. The fourth-order valence-corrected chi connectivity index (χ4v) is 3.76. The highest BCUT2D eigenvalue weighted by atomic mass is 19.1. The number of carbonyl (C=O) groups is 1. The van der Waals surface area contributed by atoms with Crippen LogP contribution in [-0.4, -0.2) is 55.6 Å². The number of piperidine rings is 1. The summed E-state index contributed by atoms with van der Waals surface area (Å²) in [5, 5.41) is 0. The monoisotopic (exact) mass is 306 g/mol. The summed E-state index contributed by atoms with van der Waals surface area (Å²) < 4.78 is 18.8. The average molecular weight is 306 g/mol. The van der Waals surface area contributed by atoms with E-state index >= 15 is 0 Å². The number of benzene rings is 1. The van der Waals surface area contributed by atoms with E-state index in [4.69, 9.17) is 4.74 Å². The van der Waals surface area contributed by atoms with Crippen LogP contribution in [0.3, 0.4) is 0 Å². The molecular formula is C17H23FN2O2. The van der Waals surface area contributed by atoms with Crippen LogP contribution in [0.25, 0.3) is 0 Å². The Bertz CT molecular complexity index is 546. The predicted molar refractivity (Wildman–Crippen MR) is 81.8 cm³/mol. The van der Waals surface area contributed by atoms with Gasteiger partial charge in [0, 0.05) is 40.3 Å². The molecule has 0 radical (unpaired) electrons. The van der Waals surface area contributed by atoms with Gasteiger partial charge in [0.2, 0.25) is 5.91 Å². The lowest BCUT2D eigenvalue weighted by Gasteiger charge is -2.43. The van der Waals surface area contributed by atoms with Gasteiger partial charge in [-0.1, -0.05) is 12.1 Å². The molecule has 2 saturated heterocycles. The zero-order valence-electron chi connectivity index (χ0n) is 13.2. The molecule has 0 aromatic heterocycles. The minimum atomic E-state index is -0.415. The second-order valence-corrected chi connectivity index (χ2v) is 6.59. The Kier molecular flexibility index (Phi) is 4.19. The Morgan fingerprint density at radius 3 is 2.82 bits per heavy atom. The molecule has 0 saturated carbocycles. The zero-order chi connectivity index (χ0) is 15.7. The van der Waals surface area contributed by atoms with Gasteiger partial charge in [0.25, 0.3) is 0 Å². The van der Waals surface area contributed by atoms with Gasteiger partial charge in [-0.2, -0.15) is 0 Å². The highest BCUT2D eigenvalue weighted by molar-refractivity contribution is 5.83. The first-order valence-electron chi connectivity index (χ1n) is 7.81. The van der Waals surface area contributed by atoms with Gasteiger partial charge >= 0.3 is 0 Å². The van der Waals surface area contributed by atoms with E-state index in [1.165, 1.54) is 12.1 Å². The third kappa shape index (κ3) is 2.75. The summed E-state index contributed by atoms with van der Waals surface area (Å²) in [5.74, 6) is -0.0512. The van der Waals surface area contributed by atoms with Crippen molar-refractivity contribution in [3.05, 3.63) is 35.6 Å². The number of halogens is 1. The lowest BCUT2D eigenvalue weighted by atomic mass is 9.75. The number of amides is 1. The molecule has 0 N–H and O–H groups in total. The lowest BCUT2D eigenvalue weighted by Crippen LogP contribution is -2.56. The molecule has 2 aliphatic rings. The predicted octanol–water partition coefficient (Wildman–Crippen LogP) is 1.89. The van der Waals surface area contributed by atoms with Crippen LogP contribution in [0.15, 0.2) is 24.3 Å². The number of hydrogen-bond donors (Lipinski definition) is 0. The summed E-state index contributed by atoms with van der Waals surface area (Å²) in [6.45, 7) is 3.03. The fraction of sp³-hybridized carbons (Fsp3) is 0.588. The van der Waals surface area contributed by atoms with Crippen LogP contribution in [0.4, 0.5) is 4.39 Å². The molecule has 1 aromatic rings. The highest BCUT2D eigenvalue weighted by Gasteiger charge is 2.53. The van der Waals surface area contributed by atoms with Gasteiger partial charge < -0.3 is 9.64 Å². The van der Waals surface area contributed by atoms with E-state index in [9.17, 15) is 9.18 Å². The minimum absolute atomic E-state index is 0.0341. The average Bonchev–Trinajstić information content (AvgIpc) is 2.93. The normalized spacial score (nSPS) is 28.4. The molecule has 1 aromatic carbocycles. The van der Waals surface area contributed by atoms with Crippen molar-refractivity contribution in [3.63, 3.8) is 0 Å². The maximum atomic E-state index is 13.0. The van der Waals surface area contributed by atoms with E-state index in [0.29, 0.717) is 13.2 Å². The number of rotatable bonds is 3. The topological polar surface area (TPSA) is 32.8 Å². The van der Waals surface area contributed by atoms with Gasteiger partial charge in [-0.05, 0) is 30.5 Å². The number of likely N-dealkylation sites (tertiary alicyclic amines) is 1. The maximum absolute atomic E-state index is 13.0. The molecule has 22 heavy (non-hydrogen) atoms. The van der Waals surface area contributed by atoms with Crippen LogP contribution in [0.5, 0.6) is 0 Å². The zero-order valence-corrected chi connectivity index (χ0v) is 13.2. The Hall–Kier alpha value is -1.46. The summed E-state index contributed by atoms with van der Waals surface area (Å²) in [6.07, 6.45) is 1.70. The van der Waals surface area contributed by atoms with Crippen molar-refractivity contribution < 1.29 is 13.9 Å². The van der Waals surface area contributed by atoms with Crippen molar-refractivity contribution in [2.45, 2.75) is 25.5 Å². The molecule has 4 nitrogen and oxygen atoms in total. The Morgan fingerprint density at radius 2 is 2.14 bits per heavy atom. The number of ether oxygens (including phenoxy) is 1. The maximum Gasteiger partial charge on any atom is 0.232 e. The quantitative estimate of drug-likeness (QED) is 0.855. The fourth-order valence-electron chi connectivity index (χ4n) is 3.76.